The van der Waals surface area contributed by atoms with Gasteiger partial charge in [0.1, 0.15) is 5.41 Å². The van der Waals surface area contributed by atoms with Crippen LogP contribution in [0.2, 0.25) is 0 Å². The van der Waals surface area contributed by atoms with Crippen molar-refractivity contribution in [2.75, 3.05) is 13.7 Å². The summed E-state index contributed by atoms with van der Waals surface area (Å²) in [6, 6.07) is 9.54. The lowest BCUT2D eigenvalue weighted by molar-refractivity contribution is -0.147. The zero-order valence-corrected chi connectivity index (χ0v) is 12.5. The molecule has 2 aromatic rings. The van der Waals surface area contributed by atoms with Crippen molar-refractivity contribution in [3.63, 3.8) is 0 Å². The Bertz CT molecular complexity index is 595. The minimum absolute atomic E-state index is 0.182. The van der Waals surface area contributed by atoms with Gasteiger partial charge in [-0.3, -0.25) is 9.48 Å². The van der Waals surface area contributed by atoms with E-state index in [1.807, 2.05) is 48.1 Å². The van der Waals surface area contributed by atoms with Gasteiger partial charge in [-0.15, -0.1) is 0 Å². The number of esters is 1. The van der Waals surface area contributed by atoms with Gasteiger partial charge >= 0.3 is 5.97 Å². The largest absolute Gasteiger partial charge is 0.468 e. The maximum absolute atomic E-state index is 12.4. The molecule has 1 atom stereocenters. The molecule has 0 aliphatic rings. The summed E-state index contributed by atoms with van der Waals surface area (Å²) in [6.45, 7) is 2.99. The molecular weight excluding hydrogens is 266 g/mol. The van der Waals surface area contributed by atoms with Gasteiger partial charge in [-0.05, 0) is 24.5 Å². The van der Waals surface area contributed by atoms with Crippen molar-refractivity contribution in [3.8, 4) is 0 Å². The summed E-state index contributed by atoms with van der Waals surface area (Å²) in [4.78, 5) is 12.4. The number of ether oxygens (including phenoxy) is 1. The summed E-state index contributed by atoms with van der Waals surface area (Å²) in [5.74, 6) is -0.319. The second-order valence-electron chi connectivity index (χ2n) is 5.02. The number of methoxy groups -OCH3 is 1. The van der Waals surface area contributed by atoms with Gasteiger partial charge in [0.15, 0.2) is 0 Å². The highest BCUT2D eigenvalue weighted by molar-refractivity contribution is 5.84. The number of hydrogen-bond donors (Lipinski definition) is 1. The number of carbonyl (C=O) groups is 1. The first-order valence-electron chi connectivity index (χ1n) is 7.01. The van der Waals surface area contributed by atoms with E-state index in [0.717, 1.165) is 17.7 Å². The molecule has 0 fully saturated rings. The number of carbonyl (C=O) groups excluding carboxylic acids is 1. The van der Waals surface area contributed by atoms with Crippen molar-refractivity contribution in [3.05, 3.63) is 53.9 Å². The van der Waals surface area contributed by atoms with Gasteiger partial charge in [0.2, 0.25) is 0 Å². The Kier molecular flexibility index (Phi) is 4.75. The highest BCUT2D eigenvalue weighted by Crippen LogP contribution is 2.29. The Morgan fingerprint density at radius 2 is 2.10 bits per heavy atom. The van der Waals surface area contributed by atoms with E-state index < -0.39 is 5.41 Å². The summed E-state index contributed by atoms with van der Waals surface area (Å²) in [5, 5.41) is 4.26. The molecule has 1 aromatic carbocycles. The van der Waals surface area contributed by atoms with E-state index in [1.54, 1.807) is 6.20 Å². The SMILES string of the molecule is CCn1cc(CC(CN)(C(=O)OC)c2ccccc2)cn1. The summed E-state index contributed by atoms with van der Waals surface area (Å²) in [7, 11) is 1.39. The van der Waals surface area contributed by atoms with Crippen LogP contribution in [0, 0.1) is 0 Å². The van der Waals surface area contributed by atoms with Crippen LogP contribution >= 0.6 is 0 Å². The first kappa shape index (κ1) is 15.3. The third-order valence-electron chi connectivity index (χ3n) is 3.77. The van der Waals surface area contributed by atoms with Crippen molar-refractivity contribution in [1.82, 2.24) is 9.78 Å². The molecule has 21 heavy (non-hydrogen) atoms. The number of hydrogen-bond acceptors (Lipinski definition) is 4. The average Bonchev–Trinajstić information content (AvgIpc) is 3.00. The molecule has 0 aliphatic heterocycles. The van der Waals surface area contributed by atoms with Gasteiger partial charge in [-0.2, -0.15) is 5.10 Å². The maximum atomic E-state index is 12.4. The zero-order valence-electron chi connectivity index (χ0n) is 12.5. The van der Waals surface area contributed by atoms with Crippen LogP contribution in [0.1, 0.15) is 18.1 Å². The number of aryl methyl sites for hydroxylation is 1. The molecule has 1 aromatic heterocycles. The number of aromatic nitrogens is 2. The molecule has 2 rings (SSSR count). The van der Waals surface area contributed by atoms with Gasteiger partial charge in [0.05, 0.1) is 13.3 Å². The van der Waals surface area contributed by atoms with Crippen LogP contribution < -0.4 is 5.73 Å². The Hall–Kier alpha value is -2.14. The van der Waals surface area contributed by atoms with Crippen LogP contribution in [0.5, 0.6) is 0 Å². The normalized spacial score (nSPS) is 13.7. The van der Waals surface area contributed by atoms with E-state index in [-0.39, 0.29) is 12.5 Å². The van der Waals surface area contributed by atoms with Crippen LogP contribution in [-0.4, -0.2) is 29.4 Å². The predicted octanol–water partition coefficient (Wildman–Crippen LogP) is 1.52. The van der Waals surface area contributed by atoms with Gasteiger partial charge in [-0.25, -0.2) is 0 Å². The number of nitrogens with two attached hydrogens (primary N) is 1. The molecule has 0 saturated carbocycles. The topological polar surface area (TPSA) is 70.1 Å². The highest BCUT2D eigenvalue weighted by Gasteiger charge is 2.40. The molecule has 112 valence electrons. The van der Waals surface area contributed by atoms with Crippen LogP contribution in [-0.2, 0) is 27.9 Å². The Balaban J connectivity index is 2.42. The standard InChI is InChI=1S/C16H21N3O2/c1-3-19-11-13(10-18-19)9-16(12-17,15(20)21-2)14-7-5-4-6-8-14/h4-8,10-11H,3,9,12,17H2,1-2H3. The van der Waals surface area contributed by atoms with Gasteiger partial charge in [0.25, 0.3) is 0 Å². The van der Waals surface area contributed by atoms with Gasteiger partial charge in [-0.1, -0.05) is 30.3 Å². The third-order valence-corrected chi connectivity index (χ3v) is 3.77. The van der Waals surface area contributed by atoms with Crippen LogP contribution in [0.25, 0.3) is 0 Å². The molecule has 2 N–H and O–H groups in total. The lowest BCUT2D eigenvalue weighted by Gasteiger charge is -2.29. The first-order valence-corrected chi connectivity index (χ1v) is 7.01. The quantitative estimate of drug-likeness (QED) is 0.818. The van der Waals surface area contributed by atoms with Crippen molar-refractivity contribution in [1.29, 1.82) is 0 Å². The van der Waals surface area contributed by atoms with E-state index in [2.05, 4.69) is 5.10 Å². The molecule has 5 nitrogen and oxygen atoms in total. The summed E-state index contributed by atoms with van der Waals surface area (Å²) >= 11 is 0. The second kappa shape index (κ2) is 6.54. The molecule has 0 aliphatic carbocycles. The molecule has 0 bridgehead atoms. The molecule has 1 heterocycles. The minimum atomic E-state index is -0.877. The smallest absolute Gasteiger partial charge is 0.317 e. The lowest BCUT2D eigenvalue weighted by atomic mass is 9.76. The second-order valence-corrected chi connectivity index (χ2v) is 5.02. The van der Waals surface area contributed by atoms with Crippen molar-refractivity contribution >= 4 is 5.97 Å². The molecule has 1 unspecified atom stereocenters. The van der Waals surface area contributed by atoms with Crippen molar-refractivity contribution in [2.24, 2.45) is 5.73 Å². The van der Waals surface area contributed by atoms with Gasteiger partial charge in [0, 0.05) is 19.3 Å². The van der Waals surface area contributed by atoms with Crippen molar-refractivity contribution < 1.29 is 9.53 Å². The van der Waals surface area contributed by atoms with Crippen LogP contribution in [0.4, 0.5) is 0 Å². The predicted molar refractivity (Wildman–Crippen MR) is 80.8 cm³/mol. The highest BCUT2D eigenvalue weighted by atomic mass is 16.5. The first-order chi connectivity index (χ1) is 10.2. The van der Waals surface area contributed by atoms with E-state index in [1.165, 1.54) is 7.11 Å². The number of benzene rings is 1. The summed E-state index contributed by atoms with van der Waals surface area (Å²) < 4.78 is 6.85. The monoisotopic (exact) mass is 287 g/mol. The number of rotatable bonds is 6. The molecule has 0 spiro atoms. The van der Waals surface area contributed by atoms with E-state index in [4.69, 9.17) is 10.5 Å². The third kappa shape index (κ3) is 2.97. The summed E-state index contributed by atoms with van der Waals surface area (Å²) in [6.07, 6.45) is 4.19. The lowest BCUT2D eigenvalue weighted by Crippen LogP contribution is -2.45. The average molecular weight is 287 g/mol. The van der Waals surface area contributed by atoms with E-state index in [9.17, 15) is 4.79 Å². The van der Waals surface area contributed by atoms with E-state index in [0.29, 0.717) is 6.42 Å². The van der Waals surface area contributed by atoms with Crippen LogP contribution in [0.3, 0.4) is 0 Å². The number of nitrogens with zero attached hydrogens (tertiary/aromatic N) is 2. The minimum Gasteiger partial charge on any atom is -0.468 e. The molecule has 0 saturated heterocycles. The van der Waals surface area contributed by atoms with E-state index >= 15 is 0 Å². The fraction of sp³-hybridized carbons (Fsp3) is 0.375. The van der Waals surface area contributed by atoms with Gasteiger partial charge < -0.3 is 10.5 Å². The molecule has 0 amide bonds. The fourth-order valence-corrected chi connectivity index (χ4v) is 2.54. The Morgan fingerprint density at radius 1 is 1.38 bits per heavy atom. The van der Waals surface area contributed by atoms with Crippen LogP contribution in [0.15, 0.2) is 42.7 Å². The zero-order chi connectivity index (χ0) is 15.3. The molecule has 0 radical (unpaired) electrons. The maximum Gasteiger partial charge on any atom is 0.317 e. The molecule has 5 heteroatoms. The Morgan fingerprint density at radius 3 is 2.62 bits per heavy atom. The Labute approximate surface area is 124 Å². The summed E-state index contributed by atoms with van der Waals surface area (Å²) in [5.41, 5.74) is 6.93. The van der Waals surface area contributed by atoms with Crippen molar-refractivity contribution in [2.45, 2.75) is 25.3 Å². The molecular formula is C16H21N3O2. The fourth-order valence-electron chi connectivity index (χ4n) is 2.54.